The van der Waals surface area contributed by atoms with E-state index in [0.717, 1.165) is 0 Å². The predicted octanol–water partition coefficient (Wildman–Crippen LogP) is 0.0607. The van der Waals surface area contributed by atoms with E-state index in [2.05, 4.69) is 0 Å². The first kappa shape index (κ1) is 5.75. The molecule has 0 aliphatic carbocycles. The standard InChI is InChI=1S/C3H6O2S2/c4-2-1-6-3(5)7-2/h2-5H,1H2. The zero-order chi connectivity index (χ0) is 5.28. The number of hydrogen-bond acceptors (Lipinski definition) is 4. The van der Waals surface area contributed by atoms with Crippen LogP contribution in [0.15, 0.2) is 0 Å². The molecule has 2 atom stereocenters. The Morgan fingerprint density at radius 1 is 1.43 bits per heavy atom. The molecule has 2 unspecified atom stereocenters. The fraction of sp³-hybridized carbons (Fsp3) is 1.00. The van der Waals surface area contributed by atoms with Crippen LogP contribution in [0.2, 0.25) is 0 Å². The predicted molar refractivity (Wildman–Crippen MR) is 32.1 cm³/mol. The first-order valence-electron chi connectivity index (χ1n) is 1.92. The molecule has 2 N–H and O–H groups in total. The van der Waals surface area contributed by atoms with Gasteiger partial charge in [-0.15, -0.1) is 11.8 Å². The van der Waals surface area contributed by atoms with E-state index in [1.165, 1.54) is 23.5 Å². The highest BCUT2D eigenvalue weighted by Gasteiger charge is 2.20. The lowest BCUT2D eigenvalue weighted by molar-refractivity contribution is 0.286. The Kier molecular flexibility index (Phi) is 1.86. The first-order valence-corrected chi connectivity index (χ1v) is 3.91. The van der Waals surface area contributed by atoms with Gasteiger partial charge < -0.3 is 10.2 Å². The van der Waals surface area contributed by atoms with Gasteiger partial charge in [-0.1, -0.05) is 11.8 Å². The van der Waals surface area contributed by atoms with Crippen LogP contribution >= 0.6 is 23.5 Å². The van der Waals surface area contributed by atoms with Gasteiger partial charge in [0.2, 0.25) is 0 Å². The van der Waals surface area contributed by atoms with Crippen molar-refractivity contribution in [3.05, 3.63) is 0 Å². The largest absolute Gasteiger partial charge is 0.381 e. The SMILES string of the molecule is OC1CSC(O)S1. The van der Waals surface area contributed by atoms with Crippen LogP contribution in [-0.2, 0) is 0 Å². The van der Waals surface area contributed by atoms with Crippen molar-refractivity contribution in [3.8, 4) is 0 Å². The van der Waals surface area contributed by atoms with Crippen LogP contribution < -0.4 is 0 Å². The molecule has 0 bridgehead atoms. The molecular weight excluding hydrogens is 132 g/mol. The van der Waals surface area contributed by atoms with Gasteiger partial charge in [0.05, 0.1) is 0 Å². The van der Waals surface area contributed by atoms with Crippen LogP contribution in [0.5, 0.6) is 0 Å². The van der Waals surface area contributed by atoms with Crippen LogP contribution in [0, 0.1) is 0 Å². The molecule has 1 saturated heterocycles. The summed E-state index contributed by atoms with van der Waals surface area (Å²) < 4.78 is -0.394. The second-order valence-electron chi connectivity index (χ2n) is 1.23. The summed E-state index contributed by atoms with van der Waals surface area (Å²) in [6, 6.07) is 0. The fourth-order valence-electron chi connectivity index (χ4n) is 0.378. The number of aliphatic hydroxyl groups is 2. The smallest absolute Gasteiger partial charge is 0.149 e. The number of aliphatic hydroxyl groups excluding tert-OH is 2. The van der Waals surface area contributed by atoms with E-state index in [0.29, 0.717) is 5.75 Å². The van der Waals surface area contributed by atoms with E-state index >= 15 is 0 Å². The lowest BCUT2D eigenvalue weighted by atomic mass is 10.9. The Morgan fingerprint density at radius 2 is 2.14 bits per heavy atom. The average molecular weight is 138 g/mol. The Labute approximate surface area is 50.3 Å². The molecule has 2 nitrogen and oxygen atoms in total. The summed E-state index contributed by atoms with van der Waals surface area (Å²) >= 11 is 2.57. The monoisotopic (exact) mass is 138 g/mol. The maximum absolute atomic E-state index is 8.68. The number of rotatable bonds is 0. The number of hydrogen-bond donors (Lipinski definition) is 2. The second kappa shape index (κ2) is 2.26. The van der Waals surface area contributed by atoms with Crippen molar-refractivity contribution in [2.45, 2.75) is 10.2 Å². The molecule has 1 rings (SSSR count). The lowest BCUT2D eigenvalue weighted by Gasteiger charge is -1.94. The highest BCUT2D eigenvalue weighted by Crippen LogP contribution is 2.33. The molecule has 7 heavy (non-hydrogen) atoms. The molecule has 0 spiro atoms. The van der Waals surface area contributed by atoms with Gasteiger partial charge in [-0.25, -0.2) is 0 Å². The molecule has 0 saturated carbocycles. The number of thioether (sulfide) groups is 2. The van der Waals surface area contributed by atoms with Gasteiger partial charge in [0.15, 0.2) is 0 Å². The van der Waals surface area contributed by atoms with Gasteiger partial charge in [0.1, 0.15) is 10.2 Å². The van der Waals surface area contributed by atoms with E-state index < -0.39 is 4.77 Å². The molecule has 1 fully saturated rings. The Morgan fingerprint density at radius 3 is 2.29 bits per heavy atom. The van der Waals surface area contributed by atoms with E-state index in [-0.39, 0.29) is 5.44 Å². The molecule has 0 aromatic rings. The van der Waals surface area contributed by atoms with Gasteiger partial charge in [-0.3, -0.25) is 0 Å². The van der Waals surface area contributed by atoms with Crippen molar-refractivity contribution in [1.29, 1.82) is 0 Å². The molecule has 0 amide bonds. The molecule has 1 aliphatic heterocycles. The van der Waals surface area contributed by atoms with Gasteiger partial charge in [-0.2, -0.15) is 0 Å². The summed E-state index contributed by atoms with van der Waals surface area (Å²) in [5, 5.41) is 17.3. The van der Waals surface area contributed by atoms with Crippen LogP contribution in [0.25, 0.3) is 0 Å². The van der Waals surface area contributed by atoms with Crippen molar-refractivity contribution in [2.24, 2.45) is 0 Å². The van der Waals surface area contributed by atoms with Gasteiger partial charge in [0.25, 0.3) is 0 Å². The fourth-order valence-corrected chi connectivity index (χ4v) is 2.46. The van der Waals surface area contributed by atoms with E-state index in [4.69, 9.17) is 10.2 Å². The molecule has 0 aromatic carbocycles. The van der Waals surface area contributed by atoms with Crippen LogP contribution in [0.4, 0.5) is 0 Å². The van der Waals surface area contributed by atoms with Gasteiger partial charge in [-0.05, 0) is 0 Å². The highest BCUT2D eigenvalue weighted by atomic mass is 32.2. The van der Waals surface area contributed by atoms with Crippen LogP contribution in [0.1, 0.15) is 0 Å². The second-order valence-corrected chi connectivity index (χ2v) is 3.91. The van der Waals surface area contributed by atoms with Crippen LogP contribution in [0.3, 0.4) is 0 Å². The molecule has 1 aliphatic rings. The maximum atomic E-state index is 8.68. The minimum atomic E-state index is -0.394. The Hall–Kier alpha value is 0.620. The highest BCUT2D eigenvalue weighted by molar-refractivity contribution is 8.20. The summed E-state index contributed by atoms with van der Waals surface area (Å²) in [6.07, 6.45) is 0. The molecular formula is C3H6O2S2. The maximum Gasteiger partial charge on any atom is 0.149 e. The minimum Gasteiger partial charge on any atom is -0.381 e. The van der Waals surface area contributed by atoms with Crippen molar-refractivity contribution in [3.63, 3.8) is 0 Å². The zero-order valence-electron chi connectivity index (χ0n) is 3.57. The summed E-state index contributed by atoms with van der Waals surface area (Å²) in [6.45, 7) is 0. The average Bonchev–Trinajstić information content (AvgIpc) is 1.87. The third-order valence-corrected chi connectivity index (χ3v) is 3.11. The quantitative estimate of drug-likeness (QED) is 0.496. The van der Waals surface area contributed by atoms with Crippen LogP contribution in [-0.4, -0.2) is 26.2 Å². The van der Waals surface area contributed by atoms with E-state index in [9.17, 15) is 0 Å². The van der Waals surface area contributed by atoms with E-state index in [1.54, 1.807) is 0 Å². The first-order chi connectivity index (χ1) is 3.29. The summed E-state index contributed by atoms with van der Waals surface area (Å²) in [4.78, 5) is 0. The molecule has 0 aromatic heterocycles. The lowest BCUT2D eigenvalue weighted by Crippen LogP contribution is -1.96. The van der Waals surface area contributed by atoms with Gasteiger partial charge in [0, 0.05) is 5.75 Å². The van der Waals surface area contributed by atoms with Crippen molar-refractivity contribution in [1.82, 2.24) is 0 Å². The topological polar surface area (TPSA) is 40.5 Å². The Balaban J connectivity index is 2.26. The normalized spacial score (nSPS) is 42.0. The summed E-state index contributed by atoms with van der Waals surface area (Å²) in [7, 11) is 0. The Bertz CT molecular complexity index is 60.0. The molecule has 42 valence electrons. The molecule has 0 radical (unpaired) electrons. The van der Waals surface area contributed by atoms with Crippen molar-refractivity contribution < 1.29 is 10.2 Å². The summed E-state index contributed by atoms with van der Waals surface area (Å²) in [5.74, 6) is 0.659. The molecule has 4 heteroatoms. The summed E-state index contributed by atoms with van der Waals surface area (Å²) in [5.41, 5.74) is -0.347. The molecule has 1 heterocycles. The van der Waals surface area contributed by atoms with Crippen molar-refractivity contribution >= 4 is 23.5 Å². The van der Waals surface area contributed by atoms with Gasteiger partial charge >= 0.3 is 0 Å². The van der Waals surface area contributed by atoms with Crippen molar-refractivity contribution in [2.75, 3.05) is 5.75 Å². The third-order valence-electron chi connectivity index (χ3n) is 0.655. The van der Waals surface area contributed by atoms with E-state index in [1.807, 2.05) is 0 Å². The zero-order valence-corrected chi connectivity index (χ0v) is 5.21. The third kappa shape index (κ3) is 1.53. The minimum absolute atomic E-state index is 0.347.